The first-order valence-corrected chi connectivity index (χ1v) is 8.82. The standard InChI is InChI=1S/C17H33N3/c1-14-5-7-15(8-6-14)19(2)17(13-18)9-11-20-10-3-4-16(20)12-17/h14-16H,3-13,18H2,1-2H3. The molecule has 0 radical (unpaired) electrons. The summed E-state index contributed by atoms with van der Waals surface area (Å²) in [5.74, 6) is 0.935. The predicted octanol–water partition coefficient (Wildman–Crippen LogP) is 2.45. The van der Waals surface area contributed by atoms with Crippen LogP contribution in [-0.4, -0.2) is 54.1 Å². The van der Waals surface area contributed by atoms with Gasteiger partial charge in [0.05, 0.1) is 0 Å². The van der Waals surface area contributed by atoms with Crippen LogP contribution in [0.2, 0.25) is 0 Å². The lowest BCUT2D eigenvalue weighted by Crippen LogP contribution is -2.62. The summed E-state index contributed by atoms with van der Waals surface area (Å²) in [4.78, 5) is 5.43. The summed E-state index contributed by atoms with van der Waals surface area (Å²) in [5.41, 5.74) is 6.58. The summed E-state index contributed by atoms with van der Waals surface area (Å²) in [6.45, 7) is 5.86. The van der Waals surface area contributed by atoms with Gasteiger partial charge in [0.15, 0.2) is 0 Å². The SMILES string of the molecule is CC1CCC(N(C)C2(CN)CCN3CCCC3C2)CC1. The third kappa shape index (κ3) is 2.65. The van der Waals surface area contributed by atoms with Gasteiger partial charge in [-0.05, 0) is 70.9 Å². The third-order valence-corrected chi connectivity index (χ3v) is 6.64. The molecule has 1 aliphatic carbocycles. The number of fused-ring (bicyclic) bond motifs is 1. The number of rotatable bonds is 3. The van der Waals surface area contributed by atoms with Crippen LogP contribution in [0.5, 0.6) is 0 Å². The summed E-state index contributed by atoms with van der Waals surface area (Å²) < 4.78 is 0. The molecule has 0 amide bonds. The molecule has 1 saturated carbocycles. The second-order valence-corrected chi connectivity index (χ2v) is 7.74. The molecule has 3 aliphatic rings. The zero-order valence-corrected chi connectivity index (χ0v) is 13.5. The summed E-state index contributed by atoms with van der Waals surface area (Å²) in [7, 11) is 2.37. The number of likely N-dealkylation sites (N-methyl/N-ethyl adjacent to an activating group) is 1. The Labute approximate surface area is 124 Å². The Kier molecular flexibility index (Phi) is 4.40. The van der Waals surface area contributed by atoms with E-state index in [1.807, 2.05) is 0 Å². The highest BCUT2D eigenvalue weighted by molar-refractivity contribution is 5.02. The lowest BCUT2D eigenvalue weighted by Gasteiger charge is -2.52. The van der Waals surface area contributed by atoms with Crippen molar-refractivity contribution in [3.05, 3.63) is 0 Å². The van der Waals surface area contributed by atoms with Gasteiger partial charge in [0, 0.05) is 30.7 Å². The van der Waals surface area contributed by atoms with E-state index in [1.165, 1.54) is 64.5 Å². The molecule has 0 spiro atoms. The van der Waals surface area contributed by atoms with Gasteiger partial charge in [0.25, 0.3) is 0 Å². The van der Waals surface area contributed by atoms with Crippen LogP contribution in [0, 0.1) is 5.92 Å². The van der Waals surface area contributed by atoms with Gasteiger partial charge in [-0.1, -0.05) is 6.92 Å². The zero-order valence-electron chi connectivity index (χ0n) is 13.5. The van der Waals surface area contributed by atoms with Crippen molar-refractivity contribution in [3.8, 4) is 0 Å². The highest BCUT2D eigenvalue weighted by Gasteiger charge is 2.45. The Bertz CT molecular complexity index is 324. The average molecular weight is 279 g/mol. The normalized spacial score (nSPS) is 42.9. The van der Waals surface area contributed by atoms with Crippen molar-refractivity contribution in [2.45, 2.75) is 75.9 Å². The van der Waals surface area contributed by atoms with Crippen molar-refractivity contribution in [2.24, 2.45) is 11.7 Å². The van der Waals surface area contributed by atoms with Crippen LogP contribution >= 0.6 is 0 Å². The number of hydrogen-bond acceptors (Lipinski definition) is 3. The first kappa shape index (κ1) is 14.8. The number of nitrogens with two attached hydrogens (primary N) is 1. The van der Waals surface area contributed by atoms with Gasteiger partial charge in [-0.15, -0.1) is 0 Å². The summed E-state index contributed by atoms with van der Waals surface area (Å²) in [6, 6.07) is 1.60. The minimum Gasteiger partial charge on any atom is -0.329 e. The first-order chi connectivity index (χ1) is 9.64. The smallest absolute Gasteiger partial charge is 0.0358 e. The third-order valence-electron chi connectivity index (χ3n) is 6.64. The van der Waals surface area contributed by atoms with Crippen LogP contribution in [0.4, 0.5) is 0 Å². The maximum Gasteiger partial charge on any atom is 0.0358 e. The fourth-order valence-electron chi connectivity index (χ4n) is 4.98. The van der Waals surface area contributed by atoms with Gasteiger partial charge >= 0.3 is 0 Å². The topological polar surface area (TPSA) is 32.5 Å². The minimum atomic E-state index is 0.288. The molecule has 2 aliphatic heterocycles. The summed E-state index contributed by atoms with van der Waals surface area (Å²) >= 11 is 0. The Morgan fingerprint density at radius 2 is 1.90 bits per heavy atom. The number of piperidine rings is 1. The maximum absolute atomic E-state index is 6.30. The molecule has 2 heterocycles. The molecule has 3 rings (SSSR count). The monoisotopic (exact) mass is 279 g/mol. The van der Waals surface area contributed by atoms with E-state index in [0.29, 0.717) is 0 Å². The average Bonchev–Trinajstić information content (AvgIpc) is 2.94. The van der Waals surface area contributed by atoms with Crippen LogP contribution in [0.1, 0.15) is 58.3 Å². The fraction of sp³-hybridized carbons (Fsp3) is 1.00. The van der Waals surface area contributed by atoms with Crippen LogP contribution in [0.15, 0.2) is 0 Å². The molecular weight excluding hydrogens is 246 g/mol. The van der Waals surface area contributed by atoms with Gasteiger partial charge in [-0.3, -0.25) is 4.90 Å². The van der Waals surface area contributed by atoms with Crippen LogP contribution in [0.25, 0.3) is 0 Å². The Balaban J connectivity index is 1.68. The molecule has 3 fully saturated rings. The molecule has 3 nitrogen and oxygen atoms in total. The van der Waals surface area contributed by atoms with Crippen molar-refractivity contribution in [3.63, 3.8) is 0 Å². The van der Waals surface area contributed by atoms with E-state index in [4.69, 9.17) is 5.73 Å². The maximum atomic E-state index is 6.30. The lowest BCUT2D eigenvalue weighted by molar-refractivity contribution is -0.0112. The number of nitrogens with zero attached hydrogens (tertiary/aromatic N) is 2. The number of hydrogen-bond donors (Lipinski definition) is 1. The van der Waals surface area contributed by atoms with E-state index in [2.05, 4.69) is 23.8 Å². The lowest BCUT2D eigenvalue weighted by atomic mass is 9.78. The fourth-order valence-corrected chi connectivity index (χ4v) is 4.98. The second kappa shape index (κ2) is 5.94. The molecule has 116 valence electrons. The Morgan fingerprint density at radius 3 is 2.60 bits per heavy atom. The minimum absolute atomic E-state index is 0.288. The van der Waals surface area contributed by atoms with Gasteiger partial charge in [-0.2, -0.15) is 0 Å². The first-order valence-electron chi connectivity index (χ1n) is 8.82. The molecular formula is C17H33N3. The van der Waals surface area contributed by atoms with Gasteiger partial charge in [-0.25, -0.2) is 0 Å². The van der Waals surface area contributed by atoms with Crippen molar-refractivity contribution in [2.75, 3.05) is 26.7 Å². The van der Waals surface area contributed by atoms with Crippen molar-refractivity contribution >= 4 is 0 Å². The molecule has 2 N–H and O–H groups in total. The molecule has 2 unspecified atom stereocenters. The predicted molar refractivity (Wildman–Crippen MR) is 84.8 cm³/mol. The Hall–Kier alpha value is -0.120. The Morgan fingerprint density at radius 1 is 1.15 bits per heavy atom. The summed E-state index contributed by atoms with van der Waals surface area (Å²) in [5, 5.41) is 0. The van der Waals surface area contributed by atoms with Crippen LogP contribution in [-0.2, 0) is 0 Å². The van der Waals surface area contributed by atoms with E-state index in [-0.39, 0.29) is 5.54 Å². The van der Waals surface area contributed by atoms with E-state index in [9.17, 15) is 0 Å². The molecule has 2 atom stereocenters. The highest BCUT2D eigenvalue weighted by Crippen LogP contribution is 2.39. The van der Waals surface area contributed by atoms with E-state index in [0.717, 1.165) is 24.5 Å². The van der Waals surface area contributed by atoms with E-state index >= 15 is 0 Å². The molecule has 2 saturated heterocycles. The van der Waals surface area contributed by atoms with Crippen LogP contribution in [0.3, 0.4) is 0 Å². The van der Waals surface area contributed by atoms with Gasteiger partial charge in [0.1, 0.15) is 0 Å². The van der Waals surface area contributed by atoms with Crippen molar-refractivity contribution in [1.82, 2.24) is 9.80 Å². The van der Waals surface area contributed by atoms with E-state index < -0.39 is 0 Å². The van der Waals surface area contributed by atoms with Gasteiger partial charge in [0.2, 0.25) is 0 Å². The zero-order chi connectivity index (χ0) is 14.2. The highest BCUT2D eigenvalue weighted by atomic mass is 15.3. The molecule has 0 aromatic heterocycles. The molecule has 20 heavy (non-hydrogen) atoms. The van der Waals surface area contributed by atoms with Gasteiger partial charge < -0.3 is 10.6 Å². The molecule has 0 aromatic carbocycles. The van der Waals surface area contributed by atoms with E-state index in [1.54, 1.807) is 0 Å². The van der Waals surface area contributed by atoms with Crippen LogP contribution < -0.4 is 5.73 Å². The quantitative estimate of drug-likeness (QED) is 0.861. The largest absolute Gasteiger partial charge is 0.329 e. The van der Waals surface area contributed by atoms with Crippen molar-refractivity contribution in [1.29, 1.82) is 0 Å². The van der Waals surface area contributed by atoms with Crippen molar-refractivity contribution < 1.29 is 0 Å². The second-order valence-electron chi connectivity index (χ2n) is 7.74. The molecule has 0 aromatic rings. The summed E-state index contributed by atoms with van der Waals surface area (Å²) in [6.07, 6.45) is 11.0. The molecule has 0 bridgehead atoms. The molecule has 3 heteroatoms.